The molecule has 0 saturated heterocycles. The summed E-state index contributed by atoms with van der Waals surface area (Å²) in [5.41, 5.74) is 2.45. The van der Waals surface area contributed by atoms with Gasteiger partial charge in [-0.25, -0.2) is 4.98 Å². The molecule has 0 fully saturated rings. The summed E-state index contributed by atoms with van der Waals surface area (Å²) >= 11 is 1.58. The smallest absolute Gasteiger partial charge is 0.263 e. The molecule has 0 atom stereocenters. The Hall–Kier alpha value is -3.13. The van der Waals surface area contributed by atoms with Crippen LogP contribution in [-0.2, 0) is 16.2 Å². The molecule has 2 aromatic carbocycles. The van der Waals surface area contributed by atoms with Gasteiger partial charge in [-0.1, -0.05) is 17.3 Å². The minimum absolute atomic E-state index is 0.136. The first-order chi connectivity index (χ1) is 13.6. The molecule has 28 heavy (non-hydrogen) atoms. The van der Waals surface area contributed by atoms with Gasteiger partial charge in [-0.15, -0.1) is 11.3 Å². The van der Waals surface area contributed by atoms with Gasteiger partial charge in [-0.3, -0.25) is 4.79 Å². The SMILES string of the molecule is C/C(=N/OCC(=O)N(C)Cc1nc2ccccc2s1)c1ccc2c(c1)OCO2. The Kier molecular flexibility index (Phi) is 5.12. The van der Waals surface area contributed by atoms with Gasteiger partial charge in [0.1, 0.15) is 5.01 Å². The van der Waals surface area contributed by atoms with Gasteiger partial charge < -0.3 is 19.2 Å². The van der Waals surface area contributed by atoms with Crippen molar-refractivity contribution in [1.29, 1.82) is 0 Å². The molecule has 0 unspecified atom stereocenters. The van der Waals surface area contributed by atoms with Crippen LogP contribution in [0.1, 0.15) is 17.5 Å². The Morgan fingerprint density at radius 3 is 2.93 bits per heavy atom. The zero-order valence-electron chi connectivity index (χ0n) is 15.5. The Balaban J connectivity index is 1.32. The lowest BCUT2D eigenvalue weighted by atomic mass is 10.1. The van der Waals surface area contributed by atoms with Crippen molar-refractivity contribution >= 4 is 33.2 Å². The quantitative estimate of drug-likeness (QED) is 0.471. The molecule has 144 valence electrons. The van der Waals surface area contributed by atoms with Crippen molar-refractivity contribution in [2.45, 2.75) is 13.5 Å². The minimum Gasteiger partial charge on any atom is -0.454 e. The second-order valence-electron chi connectivity index (χ2n) is 6.34. The molecule has 4 rings (SSSR count). The number of benzene rings is 2. The Bertz CT molecular complexity index is 1010. The molecule has 0 spiro atoms. The molecule has 8 heteroatoms. The van der Waals surface area contributed by atoms with Crippen LogP contribution in [-0.4, -0.2) is 42.0 Å². The van der Waals surface area contributed by atoms with E-state index in [-0.39, 0.29) is 19.3 Å². The number of rotatable bonds is 6. The molecule has 0 saturated carbocycles. The lowest BCUT2D eigenvalue weighted by Crippen LogP contribution is -2.29. The lowest BCUT2D eigenvalue weighted by Gasteiger charge is -2.14. The van der Waals surface area contributed by atoms with Crippen molar-refractivity contribution in [3.05, 3.63) is 53.0 Å². The van der Waals surface area contributed by atoms with Crippen LogP contribution in [0.4, 0.5) is 0 Å². The number of carbonyl (C=O) groups excluding carboxylic acids is 1. The topological polar surface area (TPSA) is 73.2 Å². The number of carbonyl (C=O) groups is 1. The van der Waals surface area contributed by atoms with Crippen molar-refractivity contribution in [3.8, 4) is 11.5 Å². The van der Waals surface area contributed by atoms with Crippen molar-refractivity contribution in [3.63, 3.8) is 0 Å². The summed E-state index contributed by atoms with van der Waals surface area (Å²) in [5.74, 6) is 1.23. The maximum atomic E-state index is 12.3. The van der Waals surface area contributed by atoms with Gasteiger partial charge in [-0.05, 0) is 37.3 Å². The molecule has 1 aromatic heterocycles. The fourth-order valence-corrected chi connectivity index (χ4v) is 3.77. The van der Waals surface area contributed by atoms with Crippen LogP contribution in [0.25, 0.3) is 10.2 Å². The van der Waals surface area contributed by atoms with Crippen molar-refractivity contribution in [1.82, 2.24) is 9.88 Å². The second-order valence-corrected chi connectivity index (χ2v) is 7.46. The average molecular weight is 397 g/mol. The van der Waals surface area contributed by atoms with E-state index in [1.807, 2.05) is 49.4 Å². The van der Waals surface area contributed by atoms with Crippen LogP contribution in [0.5, 0.6) is 11.5 Å². The molecule has 2 heterocycles. The van der Waals surface area contributed by atoms with E-state index < -0.39 is 0 Å². The van der Waals surface area contributed by atoms with Crippen LogP contribution in [0.2, 0.25) is 0 Å². The maximum Gasteiger partial charge on any atom is 0.263 e. The summed E-state index contributed by atoms with van der Waals surface area (Å²) < 4.78 is 11.8. The van der Waals surface area contributed by atoms with E-state index in [1.54, 1.807) is 23.3 Å². The van der Waals surface area contributed by atoms with E-state index in [4.69, 9.17) is 14.3 Å². The number of amides is 1. The number of aromatic nitrogens is 1. The molecule has 0 bridgehead atoms. The number of para-hydroxylation sites is 1. The fraction of sp³-hybridized carbons (Fsp3) is 0.250. The number of hydrogen-bond acceptors (Lipinski definition) is 7. The van der Waals surface area contributed by atoms with Gasteiger partial charge in [0, 0.05) is 12.6 Å². The first-order valence-corrected chi connectivity index (χ1v) is 9.57. The molecular weight excluding hydrogens is 378 g/mol. The summed E-state index contributed by atoms with van der Waals surface area (Å²) in [6, 6.07) is 13.5. The molecule has 1 amide bonds. The predicted molar refractivity (Wildman–Crippen MR) is 107 cm³/mol. The molecular formula is C20H19N3O4S. The first kappa shape index (κ1) is 18.2. The predicted octanol–water partition coefficient (Wildman–Crippen LogP) is 3.42. The highest BCUT2D eigenvalue weighted by molar-refractivity contribution is 7.18. The van der Waals surface area contributed by atoms with E-state index in [2.05, 4.69) is 10.1 Å². The van der Waals surface area contributed by atoms with Crippen molar-refractivity contribution in [2.75, 3.05) is 20.4 Å². The van der Waals surface area contributed by atoms with Crippen LogP contribution in [0.15, 0.2) is 47.6 Å². The van der Waals surface area contributed by atoms with Crippen molar-refractivity contribution < 1.29 is 19.1 Å². The van der Waals surface area contributed by atoms with Crippen LogP contribution in [0, 0.1) is 0 Å². The average Bonchev–Trinajstić information content (AvgIpc) is 3.32. The highest BCUT2D eigenvalue weighted by Gasteiger charge is 2.15. The van der Waals surface area contributed by atoms with Gasteiger partial charge in [0.25, 0.3) is 5.91 Å². The molecule has 3 aromatic rings. The summed E-state index contributed by atoms with van der Waals surface area (Å²) in [4.78, 5) is 23.7. The summed E-state index contributed by atoms with van der Waals surface area (Å²) in [5, 5.41) is 4.93. The van der Waals surface area contributed by atoms with Crippen LogP contribution < -0.4 is 9.47 Å². The van der Waals surface area contributed by atoms with Crippen LogP contribution >= 0.6 is 11.3 Å². The zero-order chi connectivity index (χ0) is 19.5. The summed E-state index contributed by atoms with van der Waals surface area (Å²) in [6.07, 6.45) is 0. The van der Waals surface area contributed by atoms with Gasteiger partial charge >= 0.3 is 0 Å². The number of ether oxygens (including phenoxy) is 2. The monoisotopic (exact) mass is 397 g/mol. The summed E-state index contributed by atoms with van der Waals surface area (Å²) in [7, 11) is 1.73. The van der Waals surface area contributed by atoms with E-state index in [9.17, 15) is 4.79 Å². The minimum atomic E-state index is -0.165. The van der Waals surface area contributed by atoms with E-state index in [0.717, 1.165) is 20.8 Å². The van der Waals surface area contributed by atoms with E-state index >= 15 is 0 Å². The third kappa shape index (κ3) is 3.91. The Morgan fingerprint density at radius 1 is 1.25 bits per heavy atom. The van der Waals surface area contributed by atoms with Crippen molar-refractivity contribution in [2.24, 2.45) is 5.16 Å². The number of likely N-dealkylation sites (N-methyl/N-ethyl adjacent to an activating group) is 1. The number of oxime groups is 1. The standard InChI is InChI=1S/C20H19N3O4S/c1-13(14-7-8-16-17(9-14)26-12-25-16)22-27-11-20(24)23(2)10-19-21-15-5-3-4-6-18(15)28-19/h3-9H,10-12H2,1-2H3/b22-13-. The number of hydrogen-bond donors (Lipinski definition) is 0. The van der Waals surface area contributed by atoms with Gasteiger partial charge in [0.15, 0.2) is 18.1 Å². The van der Waals surface area contributed by atoms with E-state index in [1.165, 1.54) is 0 Å². The maximum absolute atomic E-state index is 12.3. The highest BCUT2D eigenvalue weighted by Crippen LogP contribution is 2.32. The molecule has 0 N–H and O–H groups in total. The first-order valence-electron chi connectivity index (χ1n) is 8.75. The largest absolute Gasteiger partial charge is 0.454 e. The number of fused-ring (bicyclic) bond motifs is 2. The van der Waals surface area contributed by atoms with Gasteiger partial charge in [0.05, 0.1) is 22.5 Å². The lowest BCUT2D eigenvalue weighted by molar-refractivity contribution is -0.135. The molecule has 7 nitrogen and oxygen atoms in total. The fourth-order valence-electron chi connectivity index (χ4n) is 2.75. The van der Waals surface area contributed by atoms with E-state index in [0.29, 0.717) is 23.8 Å². The number of nitrogens with zero attached hydrogens (tertiary/aromatic N) is 3. The Morgan fingerprint density at radius 2 is 2.07 bits per heavy atom. The third-order valence-corrected chi connectivity index (χ3v) is 5.34. The normalized spacial score (nSPS) is 13.0. The highest BCUT2D eigenvalue weighted by atomic mass is 32.1. The van der Waals surface area contributed by atoms with Crippen LogP contribution in [0.3, 0.4) is 0 Å². The van der Waals surface area contributed by atoms with Gasteiger partial charge in [0.2, 0.25) is 6.79 Å². The summed E-state index contributed by atoms with van der Waals surface area (Å²) in [6.45, 7) is 2.34. The molecule has 0 aliphatic carbocycles. The Labute approximate surface area is 166 Å². The van der Waals surface area contributed by atoms with Gasteiger partial charge in [-0.2, -0.15) is 0 Å². The molecule has 0 radical (unpaired) electrons. The molecule has 1 aliphatic heterocycles. The number of thiazole rings is 1. The second kappa shape index (κ2) is 7.85. The third-order valence-electron chi connectivity index (χ3n) is 4.32. The zero-order valence-corrected chi connectivity index (χ0v) is 16.4. The molecule has 1 aliphatic rings.